The lowest BCUT2D eigenvalue weighted by molar-refractivity contribution is 0.256. The van der Waals surface area contributed by atoms with Gasteiger partial charge in [0.25, 0.3) is 0 Å². The minimum Gasteiger partial charge on any atom is -0.423 e. The zero-order valence-electron chi connectivity index (χ0n) is 18.2. The van der Waals surface area contributed by atoms with Gasteiger partial charge in [-0.05, 0) is 46.6 Å². The van der Waals surface area contributed by atoms with Gasteiger partial charge in [0, 0.05) is 5.56 Å². The minimum atomic E-state index is -3.75. The second-order valence-corrected chi connectivity index (χ2v) is 9.96. The molecule has 1 aliphatic heterocycles. The van der Waals surface area contributed by atoms with E-state index in [1.807, 2.05) is 19.9 Å². The van der Waals surface area contributed by atoms with Crippen LogP contribution in [-0.2, 0) is 21.2 Å². The summed E-state index contributed by atoms with van der Waals surface area (Å²) in [5.41, 5.74) is 1.91. The van der Waals surface area contributed by atoms with Crippen LogP contribution in [0.15, 0.2) is 29.2 Å². The van der Waals surface area contributed by atoms with E-state index in [0.717, 1.165) is 0 Å². The van der Waals surface area contributed by atoms with Gasteiger partial charge >= 0.3 is 13.1 Å². The third-order valence-electron chi connectivity index (χ3n) is 5.23. The molecule has 0 aromatic heterocycles. The smallest absolute Gasteiger partial charge is 0.423 e. The molecule has 2 aromatic rings. The number of fused-ring (bicyclic) bond motifs is 1. The Bertz CT molecular complexity index is 1230. The van der Waals surface area contributed by atoms with E-state index in [0.29, 0.717) is 16.6 Å². The minimum absolute atomic E-state index is 0.0447. The van der Waals surface area contributed by atoms with E-state index in [9.17, 15) is 23.7 Å². The monoisotopic (exact) mass is 458 g/mol. The molecular formula is C21H24BFN4O4S. The van der Waals surface area contributed by atoms with E-state index in [-0.39, 0.29) is 40.2 Å². The van der Waals surface area contributed by atoms with Crippen molar-refractivity contribution in [3.63, 3.8) is 0 Å². The predicted molar refractivity (Wildman–Crippen MR) is 119 cm³/mol. The van der Waals surface area contributed by atoms with Gasteiger partial charge in [-0.25, -0.2) is 22.9 Å². The van der Waals surface area contributed by atoms with Crippen LogP contribution in [0, 0.1) is 21.9 Å². The molecule has 1 atom stereocenters. The largest absolute Gasteiger partial charge is 0.491 e. The van der Waals surface area contributed by atoms with Gasteiger partial charge in [0.1, 0.15) is 11.9 Å². The number of benzene rings is 2. The lowest BCUT2D eigenvalue weighted by Crippen LogP contribution is -2.35. The number of urea groups is 1. The van der Waals surface area contributed by atoms with Gasteiger partial charge in [0.15, 0.2) is 9.92 Å². The van der Waals surface area contributed by atoms with E-state index < -0.39 is 28.9 Å². The third kappa shape index (κ3) is 4.48. The molecule has 0 radical (unpaired) electrons. The van der Waals surface area contributed by atoms with Crippen LogP contribution in [-0.4, -0.2) is 22.4 Å². The Morgan fingerprint density at radius 1 is 1.31 bits per heavy atom. The summed E-state index contributed by atoms with van der Waals surface area (Å²) in [6, 6.07) is 6.63. The molecule has 1 unspecified atom stereocenters. The summed E-state index contributed by atoms with van der Waals surface area (Å²) in [5.74, 6) is -1.20. The molecule has 4 N–H and O–H groups in total. The number of carbonyl (C=O) groups is 1. The SMILES string of the molecule is CC(C)c1cc(C#N)c(F)c(C(C)C)c1NC(=O)NS(=N)(=O)c1ccc2c(c1)COB2O. The number of nitrogens with zero attached hydrogens (tertiary/aromatic N) is 1. The van der Waals surface area contributed by atoms with Crippen LogP contribution in [0.3, 0.4) is 0 Å². The fourth-order valence-electron chi connectivity index (χ4n) is 3.63. The number of rotatable bonds is 5. The number of anilines is 1. The van der Waals surface area contributed by atoms with Crippen molar-refractivity contribution in [3.8, 4) is 6.07 Å². The van der Waals surface area contributed by atoms with Crippen molar-refractivity contribution < 1.29 is 23.1 Å². The Morgan fingerprint density at radius 3 is 2.59 bits per heavy atom. The summed E-state index contributed by atoms with van der Waals surface area (Å²) in [6.07, 6.45) is 0. The molecule has 3 rings (SSSR count). The Labute approximate surface area is 187 Å². The first kappa shape index (κ1) is 23.7. The summed E-state index contributed by atoms with van der Waals surface area (Å²) in [4.78, 5) is 12.8. The van der Waals surface area contributed by atoms with Crippen LogP contribution in [0.25, 0.3) is 0 Å². The van der Waals surface area contributed by atoms with E-state index in [1.165, 1.54) is 24.3 Å². The van der Waals surface area contributed by atoms with Crippen LogP contribution in [0.5, 0.6) is 0 Å². The number of nitrogens with one attached hydrogen (secondary N) is 3. The van der Waals surface area contributed by atoms with E-state index in [4.69, 9.17) is 9.43 Å². The van der Waals surface area contributed by atoms with Gasteiger partial charge in [-0.2, -0.15) is 5.26 Å². The lowest BCUT2D eigenvalue weighted by Gasteiger charge is -2.22. The van der Waals surface area contributed by atoms with Crippen molar-refractivity contribution in [2.45, 2.75) is 51.0 Å². The average molecular weight is 458 g/mol. The second-order valence-electron chi connectivity index (χ2n) is 8.17. The normalized spacial score (nSPS) is 14.8. The molecule has 32 heavy (non-hydrogen) atoms. The zero-order valence-corrected chi connectivity index (χ0v) is 19.0. The molecule has 0 saturated carbocycles. The molecule has 2 aromatic carbocycles. The third-order valence-corrected chi connectivity index (χ3v) is 6.63. The molecule has 0 saturated heterocycles. The van der Waals surface area contributed by atoms with E-state index >= 15 is 0 Å². The number of nitriles is 1. The van der Waals surface area contributed by atoms with E-state index in [2.05, 4.69) is 10.0 Å². The highest BCUT2D eigenvalue weighted by molar-refractivity contribution is 7.91. The molecule has 1 heterocycles. The number of hydrogen-bond acceptors (Lipinski definition) is 6. The van der Waals surface area contributed by atoms with Crippen LogP contribution < -0.4 is 15.5 Å². The molecule has 2 amide bonds. The maximum Gasteiger partial charge on any atom is 0.491 e. The highest BCUT2D eigenvalue weighted by Gasteiger charge is 2.29. The van der Waals surface area contributed by atoms with Gasteiger partial charge in [-0.15, -0.1) is 0 Å². The highest BCUT2D eigenvalue weighted by Crippen LogP contribution is 2.36. The molecule has 8 nitrogen and oxygen atoms in total. The molecule has 168 valence electrons. The summed E-state index contributed by atoms with van der Waals surface area (Å²) >= 11 is 0. The van der Waals surface area contributed by atoms with E-state index in [1.54, 1.807) is 13.8 Å². The van der Waals surface area contributed by atoms with Crippen LogP contribution in [0.2, 0.25) is 0 Å². The first-order valence-electron chi connectivity index (χ1n) is 10.0. The maximum atomic E-state index is 14.9. The van der Waals surface area contributed by atoms with Gasteiger partial charge in [-0.3, -0.25) is 0 Å². The lowest BCUT2D eigenvalue weighted by atomic mass is 9.80. The average Bonchev–Trinajstić information content (AvgIpc) is 3.07. The fourth-order valence-corrected chi connectivity index (χ4v) is 4.63. The predicted octanol–water partition coefficient (Wildman–Crippen LogP) is 3.30. The van der Waals surface area contributed by atoms with Crippen LogP contribution >= 0.6 is 0 Å². The van der Waals surface area contributed by atoms with Crippen molar-refractivity contribution in [2.24, 2.45) is 0 Å². The van der Waals surface area contributed by atoms with Gasteiger partial charge in [-0.1, -0.05) is 33.8 Å². The van der Waals surface area contributed by atoms with Gasteiger partial charge < -0.3 is 15.0 Å². The molecule has 0 aliphatic carbocycles. The Hall–Kier alpha value is -2.94. The number of hydrogen-bond donors (Lipinski definition) is 4. The number of halogens is 1. The summed E-state index contributed by atoms with van der Waals surface area (Å²) in [7, 11) is -4.83. The fraction of sp³-hybridized carbons (Fsp3) is 0.333. The molecule has 11 heteroatoms. The number of amides is 2. The molecule has 0 spiro atoms. The molecule has 0 bridgehead atoms. The molecular weight excluding hydrogens is 434 g/mol. The van der Waals surface area contributed by atoms with Crippen LogP contribution in [0.4, 0.5) is 14.9 Å². The second kappa shape index (κ2) is 8.90. The maximum absolute atomic E-state index is 14.9. The zero-order chi connectivity index (χ0) is 23.8. The Kier molecular flexibility index (Phi) is 6.60. The molecule has 0 fully saturated rings. The van der Waals surface area contributed by atoms with Crippen molar-refractivity contribution in [2.75, 3.05) is 5.32 Å². The van der Waals surface area contributed by atoms with Crippen molar-refractivity contribution in [1.82, 2.24) is 4.72 Å². The summed E-state index contributed by atoms with van der Waals surface area (Å²) in [6.45, 7) is 7.27. The topological polar surface area (TPSA) is 135 Å². The Morgan fingerprint density at radius 2 is 2.00 bits per heavy atom. The van der Waals surface area contributed by atoms with Crippen molar-refractivity contribution in [3.05, 3.63) is 52.3 Å². The Balaban J connectivity index is 1.94. The highest BCUT2D eigenvalue weighted by atomic mass is 32.2. The quantitative estimate of drug-likeness (QED) is 0.510. The van der Waals surface area contributed by atoms with Crippen molar-refractivity contribution in [1.29, 1.82) is 10.0 Å². The van der Waals surface area contributed by atoms with Crippen molar-refractivity contribution >= 4 is 34.2 Å². The van der Waals surface area contributed by atoms with Crippen LogP contribution in [0.1, 0.15) is 61.8 Å². The van der Waals surface area contributed by atoms with Gasteiger partial charge in [0.05, 0.1) is 22.8 Å². The van der Waals surface area contributed by atoms with Gasteiger partial charge in [0.2, 0.25) is 0 Å². The number of carbonyl (C=O) groups excluding carboxylic acids is 1. The summed E-state index contributed by atoms with van der Waals surface area (Å²) in [5, 5.41) is 21.6. The summed E-state index contributed by atoms with van der Waals surface area (Å²) < 4.78 is 43.3. The standard InChI is InChI=1S/C21H24BFN4O4S/c1-11(2)16-8-13(9-24)19(23)18(12(3)4)20(16)26-21(28)27-32(25,30)15-5-6-17-14(7-15)10-31-22(17)29/h5-8,11-12,29H,10H2,1-4H3,(H3,25,26,27,28,30). The first-order chi connectivity index (χ1) is 15.0. The molecule has 1 aliphatic rings. The first-order valence-corrected chi connectivity index (χ1v) is 11.6.